The lowest BCUT2D eigenvalue weighted by molar-refractivity contribution is -0.231. The molecule has 1 aliphatic rings. The van der Waals surface area contributed by atoms with Crippen LogP contribution < -0.4 is 0 Å². The monoisotopic (exact) mass is 319 g/mol. The summed E-state index contributed by atoms with van der Waals surface area (Å²) in [5, 5.41) is 39.2. The second-order valence-electron chi connectivity index (χ2n) is 5.85. The Labute approximate surface area is 134 Å². The van der Waals surface area contributed by atoms with Crippen molar-refractivity contribution in [3.63, 3.8) is 0 Å². The van der Waals surface area contributed by atoms with Gasteiger partial charge in [-0.2, -0.15) is 0 Å². The molecule has 1 aromatic heterocycles. The van der Waals surface area contributed by atoms with Crippen LogP contribution in [0.5, 0.6) is 0 Å². The number of aliphatic hydroxyl groups excluding tert-OH is 4. The number of hydrogen-bond donors (Lipinski definition) is 4. The summed E-state index contributed by atoms with van der Waals surface area (Å²) in [7, 11) is 0. The Bertz CT molecular complexity index is 628. The molecule has 0 radical (unpaired) electrons. The van der Waals surface area contributed by atoms with Crippen molar-refractivity contribution >= 4 is 0 Å². The largest absolute Gasteiger partial charge is 0.394 e. The van der Waals surface area contributed by atoms with Gasteiger partial charge in [-0.25, -0.2) is 0 Å². The number of ether oxygens (including phenoxy) is 1. The normalized spacial score (nSPS) is 31.2. The van der Waals surface area contributed by atoms with E-state index in [0.29, 0.717) is 12.1 Å². The molecular weight excluding hydrogens is 298 g/mol. The van der Waals surface area contributed by atoms with Gasteiger partial charge in [-0.15, -0.1) is 0 Å². The summed E-state index contributed by atoms with van der Waals surface area (Å²) in [5.41, 5.74) is 1.72. The van der Waals surface area contributed by atoms with Crippen LogP contribution in [0.3, 0.4) is 0 Å². The first kappa shape index (κ1) is 16.2. The molecule has 124 valence electrons. The molecule has 1 fully saturated rings. The van der Waals surface area contributed by atoms with E-state index in [1.54, 1.807) is 6.07 Å². The quantitative estimate of drug-likeness (QED) is 0.639. The molecule has 2 heterocycles. The van der Waals surface area contributed by atoms with Gasteiger partial charge in [0.15, 0.2) is 0 Å². The summed E-state index contributed by atoms with van der Waals surface area (Å²) in [4.78, 5) is 0. The number of nitrogens with zero attached hydrogens (tertiary/aromatic N) is 1. The average Bonchev–Trinajstić information content (AvgIpc) is 3.06. The predicted molar refractivity (Wildman–Crippen MR) is 82.7 cm³/mol. The minimum absolute atomic E-state index is 0.426. The predicted octanol–water partition coefficient (Wildman–Crippen LogP) is 0.0513. The highest BCUT2D eigenvalue weighted by Crippen LogP contribution is 2.32. The van der Waals surface area contributed by atoms with Gasteiger partial charge in [-0.05, 0) is 23.3 Å². The minimum Gasteiger partial charge on any atom is -0.394 e. The van der Waals surface area contributed by atoms with Gasteiger partial charge in [0.25, 0.3) is 0 Å². The van der Waals surface area contributed by atoms with Crippen molar-refractivity contribution in [2.75, 3.05) is 6.61 Å². The number of aliphatic hydroxyl groups is 4. The van der Waals surface area contributed by atoms with E-state index in [-0.39, 0.29) is 0 Å². The van der Waals surface area contributed by atoms with Crippen LogP contribution in [0.25, 0.3) is 0 Å². The van der Waals surface area contributed by atoms with E-state index in [2.05, 4.69) is 0 Å². The topological polar surface area (TPSA) is 95.1 Å². The van der Waals surface area contributed by atoms with Crippen molar-refractivity contribution in [1.29, 1.82) is 0 Å². The molecule has 3 unspecified atom stereocenters. The third-order valence-corrected chi connectivity index (χ3v) is 4.20. The maximum absolute atomic E-state index is 10.2. The molecule has 1 saturated heterocycles. The van der Waals surface area contributed by atoms with Crippen LogP contribution in [0.4, 0.5) is 0 Å². The second-order valence-corrected chi connectivity index (χ2v) is 5.85. The van der Waals surface area contributed by atoms with E-state index in [1.165, 1.54) is 0 Å². The fourth-order valence-corrected chi connectivity index (χ4v) is 2.93. The lowest BCUT2D eigenvalue weighted by atomic mass is 9.90. The van der Waals surface area contributed by atoms with Gasteiger partial charge in [-0.3, -0.25) is 0 Å². The van der Waals surface area contributed by atoms with Gasteiger partial charge in [-0.1, -0.05) is 24.3 Å². The molecular formula is C17H21NO5. The van der Waals surface area contributed by atoms with Crippen molar-refractivity contribution in [3.8, 4) is 0 Å². The van der Waals surface area contributed by atoms with Crippen LogP contribution in [0.1, 0.15) is 17.2 Å². The molecule has 2 aromatic rings. The van der Waals surface area contributed by atoms with Crippen molar-refractivity contribution in [1.82, 2.24) is 4.57 Å². The maximum atomic E-state index is 10.2. The van der Waals surface area contributed by atoms with Gasteiger partial charge in [0, 0.05) is 18.9 Å². The zero-order valence-corrected chi connectivity index (χ0v) is 12.6. The van der Waals surface area contributed by atoms with Gasteiger partial charge in [0.2, 0.25) is 0 Å². The lowest BCUT2D eigenvalue weighted by Gasteiger charge is -2.40. The molecule has 0 bridgehead atoms. The smallest absolute Gasteiger partial charge is 0.113 e. The first-order valence-electron chi connectivity index (χ1n) is 7.60. The van der Waals surface area contributed by atoms with Crippen LogP contribution in [0.15, 0.2) is 48.8 Å². The minimum atomic E-state index is -1.36. The van der Waals surface area contributed by atoms with Gasteiger partial charge < -0.3 is 29.7 Å². The molecule has 0 aliphatic carbocycles. The Balaban J connectivity index is 1.82. The summed E-state index contributed by atoms with van der Waals surface area (Å²) < 4.78 is 7.61. The van der Waals surface area contributed by atoms with Gasteiger partial charge in [0.05, 0.1) is 6.61 Å². The summed E-state index contributed by atoms with van der Waals surface area (Å²) in [5.74, 6) is 0. The number of aromatic nitrogens is 1. The number of benzene rings is 1. The molecule has 4 N–H and O–H groups in total. The highest BCUT2D eigenvalue weighted by atomic mass is 16.5. The van der Waals surface area contributed by atoms with Crippen molar-refractivity contribution in [2.45, 2.75) is 37.1 Å². The Morgan fingerprint density at radius 2 is 1.70 bits per heavy atom. The molecule has 23 heavy (non-hydrogen) atoms. The zero-order chi connectivity index (χ0) is 16.4. The van der Waals surface area contributed by atoms with E-state index < -0.39 is 37.1 Å². The Morgan fingerprint density at radius 1 is 0.957 bits per heavy atom. The van der Waals surface area contributed by atoms with E-state index in [0.717, 1.165) is 5.56 Å². The van der Waals surface area contributed by atoms with Crippen molar-refractivity contribution in [3.05, 3.63) is 59.9 Å². The van der Waals surface area contributed by atoms with Crippen LogP contribution in [-0.4, -0.2) is 56.0 Å². The molecule has 1 aromatic carbocycles. The molecule has 6 heteroatoms. The SMILES string of the molecule is OCC1OC(c2cccc(Cn3cccc3)c2)[C@H](O)C(O)[C@@H]1O. The third-order valence-electron chi connectivity index (χ3n) is 4.20. The first-order chi connectivity index (χ1) is 11.1. The fraction of sp³-hybridized carbons (Fsp3) is 0.412. The van der Waals surface area contributed by atoms with Gasteiger partial charge >= 0.3 is 0 Å². The first-order valence-corrected chi connectivity index (χ1v) is 7.60. The number of rotatable bonds is 4. The summed E-state index contributed by atoms with van der Waals surface area (Å²) in [6.07, 6.45) is -1.73. The summed E-state index contributed by atoms with van der Waals surface area (Å²) in [6, 6.07) is 11.4. The third kappa shape index (κ3) is 3.31. The van der Waals surface area contributed by atoms with Crippen LogP contribution in [0, 0.1) is 0 Å². The van der Waals surface area contributed by atoms with Crippen LogP contribution in [-0.2, 0) is 11.3 Å². The summed E-state index contributed by atoms with van der Waals surface area (Å²) in [6.45, 7) is 0.253. The molecule has 6 nitrogen and oxygen atoms in total. The average molecular weight is 319 g/mol. The molecule has 1 aliphatic heterocycles. The van der Waals surface area contributed by atoms with E-state index >= 15 is 0 Å². The molecule has 0 spiro atoms. The lowest BCUT2D eigenvalue weighted by Crippen LogP contribution is -2.55. The molecule has 0 amide bonds. The van der Waals surface area contributed by atoms with Crippen molar-refractivity contribution < 1.29 is 25.2 Å². The molecule has 5 atom stereocenters. The number of hydrogen-bond acceptors (Lipinski definition) is 5. The van der Waals surface area contributed by atoms with E-state index in [9.17, 15) is 20.4 Å². The standard InChI is InChI=1S/C17H21NO5/c19-10-13-14(20)15(21)16(22)17(23-13)12-5-3-4-11(8-12)9-18-6-1-2-7-18/h1-8,13-17,19-22H,9-10H2/t13?,14-,15?,16-,17?/m1/s1. The Kier molecular flexibility index (Phi) is 4.79. The maximum Gasteiger partial charge on any atom is 0.113 e. The van der Waals surface area contributed by atoms with Crippen LogP contribution in [0.2, 0.25) is 0 Å². The van der Waals surface area contributed by atoms with E-state index in [4.69, 9.17) is 4.74 Å². The molecule has 0 saturated carbocycles. The van der Waals surface area contributed by atoms with Crippen molar-refractivity contribution in [2.24, 2.45) is 0 Å². The highest BCUT2D eigenvalue weighted by molar-refractivity contribution is 5.27. The van der Waals surface area contributed by atoms with Gasteiger partial charge in [0.1, 0.15) is 30.5 Å². The highest BCUT2D eigenvalue weighted by Gasteiger charge is 2.43. The Hall–Kier alpha value is -1.70. The van der Waals surface area contributed by atoms with Crippen LogP contribution >= 0.6 is 0 Å². The van der Waals surface area contributed by atoms with E-state index in [1.807, 2.05) is 47.3 Å². The molecule has 3 rings (SSSR count). The Morgan fingerprint density at radius 3 is 2.39 bits per heavy atom. The zero-order valence-electron chi connectivity index (χ0n) is 12.6. The fourth-order valence-electron chi connectivity index (χ4n) is 2.93. The summed E-state index contributed by atoms with van der Waals surface area (Å²) >= 11 is 0. The second kappa shape index (κ2) is 6.82.